The van der Waals surface area contributed by atoms with Crippen molar-refractivity contribution in [1.29, 1.82) is 0 Å². The quantitative estimate of drug-likeness (QED) is 0.909. The van der Waals surface area contributed by atoms with E-state index in [4.69, 9.17) is 9.47 Å². The molecule has 2 aromatic rings. The zero-order chi connectivity index (χ0) is 14.8. The predicted molar refractivity (Wildman–Crippen MR) is 88.4 cm³/mol. The van der Waals surface area contributed by atoms with Crippen LogP contribution in [0.2, 0.25) is 0 Å². The summed E-state index contributed by atoms with van der Waals surface area (Å²) in [5.41, 5.74) is 3.41. The predicted octanol–water partition coefficient (Wildman–Crippen LogP) is 3.86. The number of anilines is 2. The van der Waals surface area contributed by atoms with Gasteiger partial charge in [0.2, 0.25) is 6.79 Å². The van der Waals surface area contributed by atoms with Crippen molar-refractivity contribution in [3.8, 4) is 11.5 Å². The Labute approximate surface area is 132 Å². The minimum atomic E-state index is 0.287. The minimum absolute atomic E-state index is 0.287. The molecule has 0 saturated carbocycles. The first-order valence-electron chi connectivity index (χ1n) is 6.73. The lowest BCUT2D eigenvalue weighted by atomic mass is 10.2. The number of hydrogen-bond acceptors (Lipinski definition) is 4. The standard InChI is InChI=1S/C16H17BrN2O2/c1-19(2)13-5-3-4-12(8-13)18-9-11-6-14(17)16-15(7-11)20-10-21-16/h3-8,18H,9-10H2,1-2H3. The number of hydrogen-bond donors (Lipinski definition) is 1. The van der Waals surface area contributed by atoms with Gasteiger partial charge in [-0.05, 0) is 51.8 Å². The highest BCUT2D eigenvalue weighted by atomic mass is 79.9. The molecule has 3 rings (SSSR count). The highest BCUT2D eigenvalue weighted by molar-refractivity contribution is 9.10. The molecule has 2 aromatic carbocycles. The van der Waals surface area contributed by atoms with Crippen molar-refractivity contribution < 1.29 is 9.47 Å². The summed E-state index contributed by atoms with van der Waals surface area (Å²) in [4.78, 5) is 2.09. The topological polar surface area (TPSA) is 33.7 Å². The van der Waals surface area contributed by atoms with E-state index in [1.54, 1.807) is 0 Å². The zero-order valence-corrected chi connectivity index (χ0v) is 13.6. The van der Waals surface area contributed by atoms with Gasteiger partial charge < -0.3 is 19.7 Å². The number of benzene rings is 2. The van der Waals surface area contributed by atoms with Gasteiger partial charge in [0.15, 0.2) is 11.5 Å². The first-order valence-corrected chi connectivity index (χ1v) is 7.52. The molecule has 1 N–H and O–H groups in total. The summed E-state index contributed by atoms with van der Waals surface area (Å²) in [5, 5.41) is 3.43. The van der Waals surface area contributed by atoms with E-state index in [1.165, 1.54) is 5.69 Å². The largest absolute Gasteiger partial charge is 0.454 e. The monoisotopic (exact) mass is 348 g/mol. The lowest BCUT2D eigenvalue weighted by Crippen LogP contribution is -2.09. The molecule has 4 nitrogen and oxygen atoms in total. The number of fused-ring (bicyclic) bond motifs is 1. The Morgan fingerprint density at radius 1 is 1.19 bits per heavy atom. The summed E-state index contributed by atoms with van der Waals surface area (Å²) in [6.45, 7) is 1.02. The zero-order valence-electron chi connectivity index (χ0n) is 12.0. The van der Waals surface area contributed by atoms with Gasteiger partial charge in [-0.3, -0.25) is 0 Å². The van der Waals surface area contributed by atoms with E-state index in [1.807, 2.05) is 26.2 Å². The number of halogens is 1. The molecule has 1 aliphatic rings. The van der Waals surface area contributed by atoms with Crippen LogP contribution in [0.15, 0.2) is 40.9 Å². The van der Waals surface area contributed by atoms with Crippen molar-refractivity contribution in [2.24, 2.45) is 0 Å². The van der Waals surface area contributed by atoms with Crippen LogP contribution in [0, 0.1) is 0 Å². The van der Waals surface area contributed by atoms with E-state index in [0.29, 0.717) is 0 Å². The van der Waals surface area contributed by atoms with E-state index in [-0.39, 0.29) is 6.79 Å². The molecule has 0 spiro atoms. The molecule has 0 fully saturated rings. The van der Waals surface area contributed by atoms with Crippen LogP contribution in [0.5, 0.6) is 11.5 Å². The van der Waals surface area contributed by atoms with Crippen LogP contribution in [0.4, 0.5) is 11.4 Å². The van der Waals surface area contributed by atoms with Crippen molar-refractivity contribution in [1.82, 2.24) is 0 Å². The summed E-state index contributed by atoms with van der Waals surface area (Å²) < 4.78 is 11.8. The maximum Gasteiger partial charge on any atom is 0.231 e. The second-order valence-corrected chi connectivity index (χ2v) is 5.96. The SMILES string of the molecule is CN(C)c1cccc(NCc2cc(Br)c3c(c2)OCO3)c1. The Morgan fingerprint density at radius 2 is 2.05 bits per heavy atom. The van der Waals surface area contributed by atoms with Crippen molar-refractivity contribution in [3.05, 3.63) is 46.4 Å². The van der Waals surface area contributed by atoms with Gasteiger partial charge in [-0.2, -0.15) is 0 Å². The number of ether oxygens (including phenoxy) is 2. The fourth-order valence-electron chi connectivity index (χ4n) is 2.22. The van der Waals surface area contributed by atoms with Gasteiger partial charge in [-0.15, -0.1) is 0 Å². The average Bonchev–Trinajstić information content (AvgIpc) is 2.94. The number of nitrogens with one attached hydrogen (secondary N) is 1. The highest BCUT2D eigenvalue weighted by Crippen LogP contribution is 2.40. The summed E-state index contributed by atoms with van der Waals surface area (Å²) in [6.07, 6.45) is 0. The number of rotatable bonds is 4. The molecule has 0 atom stereocenters. The Morgan fingerprint density at radius 3 is 2.86 bits per heavy atom. The van der Waals surface area contributed by atoms with Crippen molar-refractivity contribution in [3.63, 3.8) is 0 Å². The second-order valence-electron chi connectivity index (χ2n) is 5.11. The van der Waals surface area contributed by atoms with Gasteiger partial charge in [-0.25, -0.2) is 0 Å². The molecule has 110 valence electrons. The van der Waals surface area contributed by atoms with Crippen LogP contribution in [-0.2, 0) is 6.54 Å². The third kappa shape index (κ3) is 3.08. The Bertz CT molecular complexity index is 659. The maximum absolute atomic E-state index is 5.44. The summed E-state index contributed by atoms with van der Waals surface area (Å²) >= 11 is 3.52. The van der Waals surface area contributed by atoms with Gasteiger partial charge in [0.1, 0.15) is 0 Å². The van der Waals surface area contributed by atoms with Gasteiger partial charge in [-0.1, -0.05) is 6.07 Å². The lowest BCUT2D eigenvalue weighted by Gasteiger charge is -2.14. The summed E-state index contributed by atoms with van der Waals surface area (Å²) in [5.74, 6) is 1.58. The molecule has 0 unspecified atom stereocenters. The minimum Gasteiger partial charge on any atom is -0.454 e. The van der Waals surface area contributed by atoms with Crippen LogP contribution >= 0.6 is 15.9 Å². The molecular formula is C16H17BrN2O2. The smallest absolute Gasteiger partial charge is 0.231 e. The van der Waals surface area contributed by atoms with Crippen LogP contribution in [0.1, 0.15) is 5.56 Å². The Balaban J connectivity index is 1.73. The fraction of sp³-hybridized carbons (Fsp3) is 0.250. The molecule has 0 radical (unpaired) electrons. The van der Waals surface area contributed by atoms with E-state index in [9.17, 15) is 0 Å². The lowest BCUT2D eigenvalue weighted by molar-refractivity contribution is 0.173. The summed E-state index contributed by atoms with van der Waals surface area (Å²) in [6, 6.07) is 12.4. The molecule has 0 bridgehead atoms. The molecule has 0 saturated heterocycles. The van der Waals surface area contributed by atoms with Gasteiger partial charge in [0, 0.05) is 32.0 Å². The molecule has 0 aromatic heterocycles. The molecule has 1 heterocycles. The fourth-order valence-corrected chi connectivity index (χ4v) is 2.82. The first-order chi connectivity index (χ1) is 10.1. The van der Waals surface area contributed by atoms with Crippen molar-refractivity contribution in [2.45, 2.75) is 6.54 Å². The molecule has 5 heteroatoms. The summed E-state index contributed by atoms with van der Waals surface area (Å²) in [7, 11) is 4.07. The van der Waals surface area contributed by atoms with Crippen LogP contribution in [0.25, 0.3) is 0 Å². The Kier molecular flexibility index (Phi) is 3.92. The van der Waals surface area contributed by atoms with Crippen molar-refractivity contribution >= 4 is 27.3 Å². The Hall–Kier alpha value is -1.88. The van der Waals surface area contributed by atoms with E-state index >= 15 is 0 Å². The molecule has 1 aliphatic heterocycles. The van der Waals surface area contributed by atoms with Gasteiger partial charge >= 0.3 is 0 Å². The maximum atomic E-state index is 5.44. The molecule has 21 heavy (non-hydrogen) atoms. The highest BCUT2D eigenvalue weighted by Gasteiger charge is 2.17. The molecular weight excluding hydrogens is 332 g/mol. The van der Waals surface area contributed by atoms with Crippen LogP contribution < -0.4 is 19.7 Å². The molecule has 0 aliphatic carbocycles. The van der Waals surface area contributed by atoms with Gasteiger partial charge in [0.05, 0.1) is 4.47 Å². The van der Waals surface area contributed by atoms with Crippen LogP contribution in [-0.4, -0.2) is 20.9 Å². The van der Waals surface area contributed by atoms with Crippen molar-refractivity contribution in [2.75, 3.05) is 31.1 Å². The molecule has 0 amide bonds. The normalized spacial score (nSPS) is 12.3. The number of nitrogens with zero attached hydrogens (tertiary/aromatic N) is 1. The van der Waals surface area contributed by atoms with E-state index in [0.717, 1.165) is 33.8 Å². The van der Waals surface area contributed by atoms with Crippen LogP contribution in [0.3, 0.4) is 0 Å². The van der Waals surface area contributed by atoms with E-state index < -0.39 is 0 Å². The third-order valence-electron chi connectivity index (χ3n) is 3.35. The van der Waals surface area contributed by atoms with E-state index in [2.05, 4.69) is 50.4 Å². The average molecular weight is 349 g/mol. The third-order valence-corrected chi connectivity index (χ3v) is 3.94. The second kappa shape index (κ2) is 5.85. The van der Waals surface area contributed by atoms with Gasteiger partial charge in [0.25, 0.3) is 0 Å². The first kappa shape index (κ1) is 14.1.